The number of benzene rings is 1. The van der Waals surface area contributed by atoms with Crippen LogP contribution in [-0.4, -0.2) is 21.5 Å². The topological polar surface area (TPSA) is 72.9 Å². The molecule has 1 unspecified atom stereocenters. The SMILES string of the molecule is Nc1ccc2c(c1)nc(C1CC1)n2CC1CCC(=O)N1. The molecule has 2 fully saturated rings. The number of aromatic nitrogens is 2. The van der Waals surface area contributed by atoms with E-state index in [-0.39, 0.29) is 11.9 Å². The molecule has 0 radical (unpaired) electrons. The highest BCUT2D eigenvalue weighted by Gasteiger charge is 2.31. The molecule has 2 aliphatic rings. The van der Waals surface area contributed by atoms with E-state index in [2.05, 4.69) is 9.88 Å². The second kappa shape index (κ2) is 4.23. The predicted molar refractivity (Wildman–Crippen MR) is 77.3 cm³/mol. The number of fused-ring (bicyclic) bond motifs is 1. The number of rotatable bonds is 3. The fraction of sp³-hybridized carbons (Fsp3) is 0.467. The Kier molecular flexibility index (Phi) is 2.49. The summed E-state index contributed by atoms with van der Waals surface area (Å²) in [6, 6.07) is 6.13. The fourth-order valence-electron chi connectivity index (χ4n) is 3.05. The van der Waals surface area contributed by atoms with E-state index < -0.39 is 0 Å². The number of nitrogens with two attached hydrogens (primary N) is 1. The third-order valence-corrected chi connectivity index (χ3v) is 4.23. The minimum Gasteiger partial charge on any atom is -0.399 e. The molecule has 1 aromatic heterocycles. The predicted octanol–water partition coefficient (Wildman–Crippen LogP) is 1.77. The Labute approximate surface area is 117 Å². The van der Waals surface area contributed by atoms with Gasteiger partial charge in [-0.05, 0) is 37.5 Å². The van der Waals surface area contributed by atoms with Crippen molar-refractivity contribution < 1.29 is 4.79 Å². The molecule has 5 heteroatoms. The maximum atomic E-state index is 11.4. The number of imidazole rings is 1. The summed E-state index contributed by atoms with van der Waals surface area (Å²) < 4.78 is 2.28. The van der Waals surface area contributed by atoms with Gasteiger partial charge in [0.05, 0.1) is 11.0 Å². The summed E-state index contributed by atoms with van der Waals surface area (Å²) in [5.41, 5.74) is 8.70. The average Bonchev–Trinajstić information content (AvgIpc) is 3.10. The maximum absolute atomic E-state index is 11.4. The number of nitrogens with one attached hydrogen (secondary N) is 1. The van der Waals surface area contributed by atoms with Gasteiger partial charge in [-0.1, -0.05) is 0 Å². The van der Waals surface area contributed by atoms with Crippen LogP contribution >= 0.6 is 0 Å². The molecule has 2 aromatic rings. The molecule has 1 atom stereocenters. The van der Waals surface area contributed by atoms with Crippen molar-refractivity contribution in [3.05, 3.63) is 24.0 Å². The number of hydrogen-bond donors (Lipinski definition) is 2. The molecule has 3 N–H and O–H groups in total. The number of carbonyl (C=O) groups excluding carboxylic acids is 1. The minimum atomic E-state index is 0.164. The first kappa shape index (κ1) is 11.8. The van der Waals surface area contributed by atoms with Gasteiger partial charge in [-0.2, -0.15) is 0 Å². The van der Waals surface area contributed by atoms with E-state index in [0.29, 0.717) is 12.3 Å². The Morgan fingerprint density at radius 1 is 1.35 bits per heavy atom. The van der Waals surface area contributed by atoms with Crippen LogP contribution in [0.2, 0.25) is 0 Å². The molecule has 0 bridgehead atoms. The molecule has 1 aromatic carbocycles. The van der Waals surface area contributed by atoms with E-state index in [0.717, 1.165) is 35.5 Å². The van der Waals surface area contributed by atoms with Crippen molar-refractivity contribution in [2.45, 2.75) is 44.2 Å². The molecule has 5 nitrogen and oxygen atoms in total. The molecule has 1 saturated carbocycles. The van der Waals surface area contributed by atoms with Gasteiger partial charge in [0, 0.05) is 30.6 Å². The lowest BCUT2D eigenvalue weighted by Crippen LogP contribution is -2.30. The van der Waals surface area contributed by atoms with Crippen LogP contribution in [0.15, 0.2) is 18.2 Å². The second-order valence-electron chi connectivity index (χ2n) is 5.91. The molecule has 1 aliphatic heterocycles. The van der Waals surface area contributed by atoms with Crippen molar-refractivity contribution in [2.24, 2.45) is 0 Å². The Hall–Kier alpha value is -2.04. The van der Waals surface area contributed by atoms with Crippen LogP contribution in [0.4, 0.5) is 5.69 Å². The molecular weight excluding hydrogens is 252 g/mol. The monoisotopic (exact) mass is 270 g/mol. The summed E-state index contributed by atoms with van der Waals surface area (Å²) >= 11 is 0. The van der Waals surface area contributed by atoms with E-state index in [1.165, 1.54) is 12.8 Å². The molecule has 2 heterocycles. The smallest absolute Gasteiger partial charge is 0.220 e. The van der Waals surface area contributed by atoms with Gasteiger partial charge in [0.25, 0.3) is 0 Å². The summed E-state index contributed by atoms with van der Waals surface area (Å²) in [7, 11) is 0. The van der Waals surface area contributed by atoms with Gasteiger partial charge < -0.3 is 15.6 Å². The lowest BCUT2D eigenvalue weighted by Gasteiger charge is -2.14. The van der Waals surface area contributed by atoms with E-state index in [9.17, 15) is 4.79 Å². The van der Waals surface area contributed by atoms with Crippen molar-refractivity contribution in [2.75, 3.05) is 5.73 Å². The van der Waals surface area contributed by atoms with Gasteiger partial charge in [0.15, 0.2) is 0 Å². The molecular formula is C15H18N4O. The highest BCUT2D eigenvalue weighted by molar-refractivity contribution is 5.80. The number of nitrogen functional groups attached to an aromatic ring is 1. The average molecular weight is 270 g/mol. The zero-order valence-electron chi connectivity index (χ0n) is 11.3. The minimum absolute atomic E-state index is 0.164. The number of carbonyl (C=O) groups is 1. The first-order chi connectivity index (χ1) is 9.70. The van der Waals surface area contributed by atoms with E-state index in [4.69, 9.17) is 10.7 Å². The maximum Gasteiger partial charge on any atom is 0.220 e. The number of anilines is 1. The van der Waals surface area contributed by atoms with Crippen LogP contribution in [0.3, 0.4) is 0 Å². The molecule has 1 saturated heterocycles. The summed E-state index contributed by atoms with van der Waals surface area (Å²) in [5, 5.41) is 3.04. The molecule has 0 spiro atoms. The van der Waals surface area contributed by atoms with E-state index in [1.54, 1.807) is 0 Å². The Balaban J connectivity index is 1.75. The number of hydrogen-bond acceptors (Lipinski definition) is 3. The van der Waals surface area contributed by atoms with Crippen molar-refractivity contribution in [3.8, 4) is 0 Å². The zero-order valence-corrected chi connectivity index (χ0v) is 11.3. The Bertz CT molecular complexity index is 686. The third-order valence-electron chi connectivity index (χ3n) is 4.23. The van der Waals surface area contributed by atoms with Gasteiger partial charge in [0.2, 0.25) is 5.91 Å². The van der Waals surface area contributed by atoms with Crippen molar-refractivity contribution in [1.82, 2.24) is 14.9 Å². The van der Waals surface area contributed by atoms with Crippen LogP contribution in [0, 0.1) is 0 Å². The van der Waals surface area contributed by atoms with Gasteiger partial charge in [-0.25, -0.2) is 4.98 Å². The summed E-state index contributed by atoms with van der Waals surface area (Å²) in [6.07, 6.45) is 3.99. The first-order valence-electron chi connectivity index (χ1n) is 7.26. The van der Waals surface area contributed by atoms with Crippen LogP contribution < -0.4 is 11.1 Å². The van der Waals surface area contributed by atoms with Crippen LogP contribution in [-0.2, 0) is 11.3 Å². The first-order valence-corrected chi connectivity index (χ1v) is 7.26. The number of nitrogens with zero attached hydrogens (tertiary/aromatic N) is 2. The van der Waals surface area contributed by atoms with Gasteiger partial charge in [0.1, 0.15) is 5.82 Å². The summed E-state index contributed by atoms with van der Waals surface area (Å²) in [5.74, 6) is 1.91. The summed E-state index contributed by atoms with van der Waals surface area (Å²) in [6.45, 7) is 0.817. The van der Waals surface area contributed by atoms with Crippen LogP contribution in [0.1, 0.15) is 37.4 Å². The van der Waals surface area contributed by atoms with Gasteiger partial charge >= 0.3 is 0 Å². The summed E-state index contributed by atoms with van der Waals surface area (Å²) in [4.78, 5) is 16.1. The fourth-order valence-corrected chi connectivity index (χ4v) is 3.05. The largest absolute Gasteiger partial charge is 0.399 e. The van der Waals surface area contributed by atoms with Gasteiger partial charge in [-0.15, -0.1) is 0 Å². The molecule has 1 aliphatic carbocycles. The number of amides is 1. The van der Waals surface area contributed by atoms with Crippen molar-refractivity contribution in [1.29, 1.82) is 0 Å². The highest BCUT2D eigenvalue weighted by atomic mass is 16.1. The van der Waals surface area contributed by atoms with Gasteiger partial charge in [-0.3, -0.25) is 4.79 Å². The van der Waals surface area contributed by atoms with Crippen molar-refractivity contribution >= 4 is 22.6 Å². The van der Waals surface area contributed by atoms with Crippen molar-refractivity contribution in [3.63, 3.8) is 0 Å². The van der Waals surface area contributed by atoms with Crippen LogP contribution in [0.25, 0.3) is 11.0 Å². The van der Waals surface area contributed by atoms with E-state index >= 15 is 0 Å². The van der Waals surface area contributed by atoms with Crippen LogP contribution in [0.5, 0.6) is 0 Å². The molecule has 104 valence electrons. The normalized spacial score (nSPS) is 22.4. The Morgan fingerprint density at radius 3 is 2.90 bits per heavy atom. The zero-order chi connectivity index (χ0) is 13.7. The molecule has 1 amide bonds. The molecule has 4 rings (SSSR count). The Morgan fingerprint density at radius 2 is 2.20 bits per heavy atom. The quantitative estimate of drug-likeness (QED) is 0.835. The standard InChI is InChI=1S/C15H18N4O/c16-10-3-5-13-12(7-10)18-15(9-1-2-9)19(13)8-11-4-6-14(20)17-11/h3,5,7,9,11H,1-2,4,6,8,16H2,(H,17,20). The third kappa shape index (κ3) is 1.94. The lowest BCUT2D eigenvalue weighted by molar-refractivity contribution is -0.119. The molecule has 20 heavy (non-hydrogen) atoms. The highest BCUT2D eigenvalue weighted by Crippen LogP contribution is 2.41. The second-order valence-corrected chi connectivity index (χ2v) is 5.91. The van der Waals surface area contributed by atoms with E-state index in [1.807, 2.05) is 18.2 Å². The lowest BCUT2D eigenvalue weighted by atomic mass is 10.2.